The molecule has 0 bridgehead atoms. The normalized spacial score (nSPS) is 22.2. The zero-order chi connectivity index (χ0) is 18.1. The number of likely N-dealkylation sites (tertiary alicyclic amines) is 1. The summed E-state index contributed by atoms with van der Waals surface area (Å²) in [6.45, 7) is 22.0. The molecule has 0 N–H and O–H groups in total. The summed E-state index contributed by atoms with van der Waals surface area (Å²) in [7, 11) is 2.20. The fraction of sp³-hybridized carbons (Fsp3) is 1.00. The summed E-state index contributed by atoms with van der Waals surface area (Å²) in [5.41, 5.74) is 0. The van der Waals surface area contributed by atoms with Crippen LogP contribution < -0.4 is 0 Å². The van der Waals surface area contributed by atoms with Crippen LogP contribution in [0, 0.1) is 5.92 Å². The van der Waals surface area contributed by atoms with E-state index in [1.807, 2.05) is 0 Å². The summed E-state index contributed by atoms with van der Waals surface area (Å²) in [5, 5.41) is 0. The van der Waals surface area contributed by atoms with Crippen LogP contribution in [0.15, 0.2) is 0 Å². The molecule has 2 fully saturated rings. The molecule has 2 rings (SSSR count). The van der Waals surface area contributed by atoms with Crippen molar-refractivity contribution in [3.05, 3.63) is 0 Å². The lowest BCUT2D eigenvalue weighted by Crippen LogP contribution is -2.45. The standard InChI is InChI=1S/C11H23NO.C9H20N2/c1-9(2)12-7-5-11(6-8-12)13-10(3)4;1-9(2)8-11-6-4-10(3)5-7-11/h9-11H,5-8H2,1-4H3;9H,4-8H2,1-3H3. The SMILES string of the molecule is CC(C)CN1CCN(C)CC1.CC(C)OC1CCN(C(C)C)CC1. The van der Waals surface area contributed by atoms with E-state index in [0.29, 0.717) is 18.2 Å². The quantitative estimate of drug-likeness (QED) is 0.764. The second kappa shape index (κ2) is 11.5. The number of likely N-dealkylation sites (N-methyl/N-ethyl adjacent to an activating group) is 1. The molecule has 0 amide bonds. The lowest BCUT2D eigenvalue weighted by molar-refractivity contribution is -0.0309. The monoisotopic (exact) mass is 341 g/mol. The van der Waals surface area contributed by atoms with E-state index in [4.69, 9.17) is 4.74 Å². The highest BCUT2D eigenvalue weighted by Gasteiger charge is 2.21. The Bertz CT molecular complexity index is 304. The van der Waals surface area contributed by atoms with Crippen molar-refractivity contribution in [2.24, 2.45) is 5.92 Å². The van der Waals surface area contributed by atoms with Gasteiger partial charge in [-0.15, -0.1) is 0 Å². The molecule has 0 aromatic heterocycles. The molecule has 0 saturated carbocycles. The topological polar surface area (TPSA) is 19.0 Å². The van der Waals surface area contributed by atoms with Crippen molar-refractivity contribution in [2.45, 2.75) is 72.6 Å². The van der Waals surface area contributed by atoms with Crippen LogP contribution in [0.3, 0.4) is 0 Å². The van der Waals surface area contributed by atoms with Crippen LogP contribution >= 0.6 is 0 Å². The highest BCUT2D eigenvalue weighted by molar-refractivity contribution is 4.75. The number of piperidine rings is 1. The van der Waals surface area contributed by atoms with Gasteiger partial charge >= 0.3 is 0 Å². The predicted molar refractivity (Wildman–Crippen MR) is 105 cm³/mol. The van der Waals surface area contributed by atoms with Crippen LogP contribution in [0.25, 0.3) is 0 Å². The van der Waals surface area contributed by atoms with E-state index < -0.39 is 0 Å². The lowest BCUT2D eigenvalue weighted by atomic mass is 10.1. The number of hydrogen-bond acceptors (Lipinski definition) is 4. The average molecular weight is 342 g/mol. The summed E-state index contributed by atoms with van der Waals surface area (Å²) >= 11 is 0. The zero-order valence-corrected chi connectivity index (χ0v) is 17.4. The molecule has 2 heterocycles. The van der Waals surface area contributed by atoms with Crippen molar-refractivity contribution < 1.29 is 4.74 Å². The summed E-state index contributed by atoms with van der Waals surface area (Å²) in [5.74, 6) is 0.818. The van der Waals surface area contributed by atoms with E-state index in [-0.39, 0.29) is 0 Å². The van der Waals surface area contributed by atoms with E-state index in [0.717, 1.165) is 5.92 Å². The second-order valence-corrected chi connectivity index (χ2v) is 8.51. The molecular weight excluding hydrogens is 298 g/mol. The molecule has 2 saturated heterocycles. The van der Waals surface area contributed by atoms with Crippen LogP contribution in [-0.2, 0) is 4.74 Å². The molecule has 0 aliphatic carbocycles. The maximum Gasteiger partial charge on any atom is 0.0603 e. The molecule has 0 radical (unpaired) electrons. The minimum absolute atomic E-state index is 0.385. The van der Waals surface area contributed by atoms with Gasteiger partial charge in [-0.05, 0) is 53.5 Å². The Morgan fingerprint density at radius 3 is 1.79 bits per heavy atom. The minimum Gasteiger partial charge on any atom is -0.375 e. The van der Waals surface area contributed by atoms with Crippen LogP contribution in [-0.4, -0.2) is 85.8 Å². The van der Waals surface area contributed by atoms with Crippen molar-refractivity contribution in [3.8, 4) is 0 Å². The molecule has 0 spiro atoms. The van der Waals surface area contributed by atoms with E-state index in [9.17, 15) is 0 Å². The highest BCUT2D eigenvalue weighted by atomic mass is 16.5. The molecule has 0 atom stereocenters. The number of ether oxygens (including phenoxy) is 1. The first-order chi connectivity index (χ1) is 11.3. The van der Waals surface area contributed by atoms with E-state index in [2.05, 4.69) is 63.3 Å². The number of piperazine rings is 1. The lowest BCUT2D eigenvalue weighted by Gasteiger charge is -2.35. The Kier molecular flexibility index (Phi) is 10.4. The second-order valence-electron chi connectivity index (χ2n) is 8.51. The zero-order valence-electron chi connectivity index (χ0n) is 17.4. The van der Waals surface area contributed by atoms with Gasteiger partial charge in [-0.25, -0.2) is 0 Å². The van der Waals surface area contributed by atoms with Crippen LogP contribution in [0.2, 0.25) is 0 Å². The van der Waals surface area contributed by atoms with E-state index >= 15 is 0 Å². The fourth-order valence-electron chi connectivity index (χ4n) is 3.46. The first-order valence-corrected chi connectivity index (χ1v) is 10.1. The van der Waals surface area contributed by atoms with Gasteiger partial charge in [-0.1, -0.05) is 13.8 Å². The van der Waals surface area contributed by atoms with Gasteiger partial charge in [0.1, 0.15) is 0 Å². The molecule has 4 nitrogen and oxygen atoms in total. The summed E-state index contributed by atoms with van der Waals surface area (Å²) in [6, 6.07) is 0.694. The first kappa shape index (κ1) is 21.9. The molecule has 0 unspecified atom stereocenters. The molecule has 0 aromatic carbocycles. The molecule has 0 aromatic rings. The van der Waals surface area contributed by atoms with E-state index in [1.165, 1.54) is 58.7 Å². The van der Waals surface area contributed by atoms with Crippen molar-refractivity contribution in [2.75, 3.05) is 52.9 Å². The third kappa shape index (κ3) is 9.36. The molecule has 2 aliphatic rings. The Labute approximate surface area is 151 Å². The Morgan fingerprint density at radius 1 is 0.833 bits per heavy atom. The van der Waals surface area contributed by atoms with Crippen molar-refractivity contribution in [3.63, 3.8) is 0 Å². The van der Waals surface area contributed by atoms with Crippen molar-refractivity contribution in [1.82, 2.24) is 14.7 Å². The maximum absolute atomic E-state index is 5.79. The minimum atomic E-state index is 0.385. The molecule has 4 heteroatoms. The summed E-state index contributed by atoms with van der Waals surface area (Å²) in [6.07, 6.45) is 3.30. The van der Waals surface area contributed by atoms with Gasteiger partial charge in [-0.3, -0.25) is 0 Å². The van der Waals surface area contributed by atoms with Gasteiger partial charge in [0.15, 0.2) is 0 Å². The van der Waals surface area contributed by atoms with E-state index in [1.54, 1.807) is 0 Å². The highest BCUT2D eigenvalue weighted by Crippen LogP contribution is 2.16. The molecule has 144 valence electrons. The van der Waals surface area contributed by atoms with Crippen LogP contribution in [0.4, 0.5) is 0 Å². The van der Waals surface area contributed by atoms with Crippen LogP contribution in [0.5, 0.6) is 0 Å². The molecule has 2 aliphatic heterocycles. The van der Waals surface area contributed by atoms with Crippen LogP contribution in [0.1, 0.15) is 54.4 Å². The predicted octanol–water partition coefficient (Wildman–Crippen LogP) is 3.17. The maximum atomic E-state index is 5.79. The number of hydrogen-bond donors (Lipinski definition) is 0. The van der Waals surface area contributed by atoms with Gasteiger partial charge in [0.2, 0.25) is 0 Å². The van der Waals surface area contributed by atoms with Gasteiger partial charge in [0.25, 0.3) is 0 Å². The fourth-order valence-corrected chi connectivity index (χ4v) is 3.46. The first-order valence-electron chi connectivity index (χ1n) is 10.1. The summed E-state index contributed by atoms with van der Waals surface area (Å²) in [4.78, 5) is 7.49. The average Bonchev–Trinajstić information content (AvgIpc) is 2.50. The Hall–Kier alpha value is -0.160. The van der Waals surface area contributed by atoms with Gasteiger partial charge in [0.05, 0.1) is 12.2 Å². The van der Waals surface area contributed by atoms with Gasteiger partial charge in [0, 0.05) is 51.9 Å². The smallest absolute Gasteiger partial charge is 0.0603 e. The third-order valence-electron chi connectivity index (χ3n) is 4.89. The van der Waals surface area contributed by atoms with Gasteiger partial charge in [-0.2, -0.15) is 0 Å². The van der Waals surface area contributed by atoms with Crippen molar-refractivity contribution in [1.29, 1.82) is 0 Å². The molecule has 24 heavy (non-hydrogen) atoms. The number of rotatable bonds is 5. The third-order valence-corrected chi connectivity index (χ3v) is 4.89. The largest absolute Gasteiger partial charge is 0.375 e. The Balaban J connectivity index is 0.000000243. The van der Waals surface area contributed by atoms with Crippen molar-refractivity contribution >= 4 is 0 Å². The Morgan fingerprint density at radius 2 is 1.38 bits per heavy atom. The number of nitrogens with zero attached hydrogens (tertiary/aromatic N) is 3. The molecular formula is C20H43N3O. The summed E-state index contributed by atoms with van der Waals surface area (Å²) < 4.78 is 5.79. The van der Waals surface area contributed by atoms with Gasteiger partial charge < -0.3 is 19.4 Å².